The maximum Gasteiger partial charge on any atom is 0.191 e. The lowest BCUT2D eigenvalue weighted by Gasteiger charge is -2.36. The highest BCUT2D eigenvalue weighted by Gasteiger charge is 2.22. The van der Waals surface area contributed by atoms with E-state index in [1.54, 1.807) is 11.8 Å². The van der Waals surface area contributed by atoms with Crippen molar-refractivity contribution in [2.45, 2.75) is 37.4 Å². The van der Waals surface area contributed by atoms with Crippen molar-refractivity contribution in [1.29, 1.82) is 0 Å². The van der Waals surface area contributed by atoms with E-state index in [4.69, 9.17) is 0 Å². The smallest absolute Gasteiger partial charge is 0.191 e. The normalized spacial score (nSPS) is 19.5. The van der Waals surface area contributed by atoms with Crippen molar-refractivity contribution >= 4 is 23.4 Å². The monoisotopic (exact) mass is 309 g/mol. The molecule has 1 N–H and O–H groups in total. The molecule has 6 heteroatoms. The first-order valence-electron chi connectivity index (χ1n) is 7.72. The van der Waals surface area contributed by atoms with Crippen molar-refractivity contribution in [2.24, 2.45) is 0 Å². The van der Waals surface area contributed by atoms with E-state index in [1.165, 1.54) is 19.4 Å². The second kappa shape index (κ2) is 7.84. The Morgan fingerprint density at radius 1 is 1.48 bits per heavy atom. The van der Waals surface area contributed by atoms with Gasteiger partial charge in [-0.25, -0.2) is 9.97 Å². The first-order valence-corrected chi connectivity index (χ1v) is 8.94. The largest absolute Gasteiger partial charge is 0.370 e. The molecule has 0 radical (unpaired) electrons. The number of anilines is 2. The van der Waals surface area contributed by atoms with Crippen LogP contribution < -0.4 is 10.2 Å². The minimum Gasteiger partial charge on any atom is -0.370 e. The van der Waals surface area contributed by atoms with Crippen molar-refractivity contribution in [3.63, 3.8) is 0 Å². The van der Waals surface area contributed by atoms with E-state index in [1.807, 2.05) is 6.26 Å². The van der Waals surface area contributed by atoms with Crippen LogP contribution in [0.25, 0.3) is 0 Å². The van der Waals surface area contributed by atoms with E-state index < -0.39 is 0 Å². The molecule has 1 aromatic heterocycles. The molecular formula is C15H27N5S. The first-order chi connectivity index (χ1) is 10.1. The molecule has 0 saturated carbocycles. The van der Waals surface area contributed by atoms with Crippen molar-refractivity contribution in [3.8, 4) is 0 Å². The number of nitrogens with zero attached hydrogens (tertiary/aromatic N) is 4. The van der Waals surface area contributed by atoms with Crippen LogP contribution in [0, 0.1) is 0 Å². The van der Waals surface area contributed by atoms with Gasteiger partial charge >= 0.3 is 0 Å². The van der Waals surface area contributed by atoms with E-state index in [0.717, 1.165) is 36.3 Å². The third kappa shape index (κ3) is 4.48. The van der Waals surface area contributed by atoms with Gasteiger partial charge in [0, 0.05) is 32.2 Å². The quantitative estimate of drug-likeness (QED) is 0.643. The van der Waals surface area contributed by atoms with Gasteiger partial charge in [-0.3, -0.25) is 0 Å². The number of likely N-dealkylation sites (N-methyl/N-ethyl adjacent to an activating group) is 2. The molecule has 1 saturated heterocycles. The summed E-state index contributed by atoms with van der Waals surface area (Å²) in [6.07, 6.45) is 5.61. The molecule has 0 aromatic carbocycles. The zero-order valence-corrected chi connectivity index (χ0v) is 14.4. The van der Waals surface area contributed by atoms with Gasteiger partial charge < -0.3 is 15.1 Å². The molecule has 0 spiro atoms. The maximum atomic E-state index is 4.68. The predicted molar refractivity (Wildman–Crippen MR) is 91.5 cm³/mol. The van der Waals surface area contributed by atoms with Crippen LogP contribution in [0.3, 0.4) is 0 Å². The molecule has 1 fully saturated rings. The van der Waals surface area contributed by atoms with Gasteiger partial charge in [-0.2, -0.15) is 0 Å². The van der Waals surface area contributed by atoms with Gasteiger partial charge in [0.25, 0.3) is 0 Å². The molecule has 118 valence electrons. The summed E-state index contributed by atoms with van der Waals surface area (Å²) in [5, 5.41) is 4.21. The van der Waals surface area contributed by atoms with E-state index in [2.05, 4.69) is 52.2 Å². The van der Waals surface area contributed by atoms with Crippen LogP contribution >= 0.6 is 11.8 Å². The minimum atomic E-state index is 0.535. The molecule has 0 aliphatic carbocycles. The van der Waals surface area contributed by atoms with Gasteiger partial charge in [0.2, 0.25) is 0 Å². The van der Waals surface area contributed by atoms with Crippen LogP contribution in [0.15, 0.2) is 11.2 Å². The molecule has 2 heterocycles. The number of nitrogens with one attached hydrogen (secondary N) is 1. The van der Waals surface area contributed by atoms with Crippen LogP contribution in [0.4, 0.5) is 11.6 Å². The van der Waals surface area contributed by atoms with Gasteiger partial charge in [-0.15, -0.1) is 0 Å². The summed E-state index contributed by atoms with van der Waals surface area (Å²) in [6, 6.07) is 2.61. The van der Waals surface area contributed by atoms with Crippen LogP contribution in [0.5, 0.6) is 0 Å². The third-order valence-electron chi connectivity index (χ3n) is 3.94. The molecule has 1 aliphatic rings. The molecule has 0 bridgehead atoms. The second-order valence-electron chi connectivity index (χ2n) is 5.69. The number of hydrogen-bond acceptors (Lipinski definition) is 6. The van der Waals surface area contributed by atoms with Crippen LogP contribution in [0.2, 0.25) is 0 Å². The zero-order chi connectivity index (χ0) is 15.2. The van der Waals surface area contributed by atoms with Crippen molar-refractivity contribution in [3.05, 3.63) is 6.07 Å². The van der Waals surface area contributed by atoms with E-state index in [-0.39, 0.29) is 0 Å². The summed E-state index contributed by atoms with van der Waals surface area (Å²) in [6.45, 7) is 5.41. The van der Waals surface area contributed by atoms with Gasteiger partial charge in [-0.1, -0.05) is 18.7 Å². The minimum absolute atomic E-state index is 0.535. The Morgan fingerprint density at radius 2 is 2.29 bits per heavy atom. The van der Waals surface area contributed by atoms with E-state index >= 15 is 0 Å². The fourth-order valence-electron chi connectivity index (χ4n) is 2.67. The van der Waals surface area contributed by atoms with Gasteiger partial charge in [0.15, 0.2) is 5.16 Å². The summed E-state index contributed by atoms with van der Waals surface area (Å²) < 4.78 is 0. The Balaban J connectivity index is 2.16. The average molecular weight is 309 g/mol. The molecule has 1 atom stereocenters. The lowest BCUT2D eigenvalue weighted by Crippen LogP contribution is -2.45. The number of aromatic nitrogens is 2. The highest BCUT2D eigenvalue weighted by molar-refractivity contribution is 7.98. The number of thioether (sulfide) groups is 1. The van der Waals surface area contributed by atoms with Gasteiger partial charge in [-0.05, 0) is 39.1 Å². The molecule has 1 unspecified atom stereocenters. The molecule has 1 aliphatic heterocycles. The molecule has 2 rings (SSSR count). The Morgan fingerprint density at radius 3 is 2.95 bits per heavy atom. The van der Waals surface area contributed by atoms with Crippen molar-refractivity contribution < 1.29 is 0 Å². The van der Waals surface area contributed by atoms with Gasteiger partial charge in [0.1, 0.15) is 11.6 Å². The number of rotatable bonds is 6. The lowest BCUT2D eigenvalue weighted by atomic mass is 10.1. The topological polar surface area (TPSA) is 44.3 Å². The first kappa shape index (κ1) is 16.4. The number of hydrogen-bond donors (Lipinski definition) is 1. The Bertz CT molecular complexity index is 454. The summed E-state index contributed by atoms with van der Waals surface area (Å²) >= 11 is 1.60. The number of likely N-dealkylation sites (tertiary alicyclic amines) is 1. The Kier molecular flexibility index (Phi) is 6.11. The fourth-order valence-corrected chi connectivity index (χ4v) is 3.05. The van der Waals surface area contributed by atoms with E-state index in [9.17, 15) is 0 Å². The number of piperidine rings is 1. The summed E-state index contributed by atoms with van der Waals surface area (Å²) in [7, 11) is 4.35. The Hall–Kier alpha value is -1.01. The molecule has 5 nitrogen and oxygen atoms in total. The lowest BCUT2D eigenvalue weighted by molar-refractivity contribution is 0.247. The fraction of sp³-hybridized carbons (Fsp3) is 0.733. The Labute approximate surface area is 132 Å². The molecule has 0 amide bonds. The third-order valence-corrected chi connectivity index (χ3v) is 4.49. The second-order valence-corrected chi connectivity index (χ2v) is 6.47. The van der Waals surface area contributed by atoms with Crippen LogP contribution in [0.1, 0.15) is 26.2 Å². The molecular weight excluding hydrogens is 282 g/mol. The summed E-state index contributed by atoms with van der Waals surface area (Å²) in [5.41, 5.74) is 0. The summed E-state index contributed by atoms with van der Waals surface area (Å²) in [4.78, 5) is 13.9. The van der Waals surface area contributed by atoms with Crippen LogP contribution in [-0.2, 0) is 0 Å². The van der Waals surface area contributed by atoms with E-state index in [0.29, 0.717) is 6.04 Å². The summed E-state index contributed by atoms with van der Waals surface area (Å²) in [5.74, 6) is 1.95. The highest BCUT2D eigenvalue weighted by Crippen LogP contribution is 2.24. The standard InChI is InChI=1S/C15H27N5S/c1-5-8-16-13-10-14(18-15(17-13)21-4)20(3)12-7-6-9-19(2)11-12/h10,12H,5-9,11H2,1-4H3,(H,16,17,18). The zero-order valence-electron chi connectivity index (χ0n) is 13.6. The average Bonchev–Trinajstić information content (AvgIpc) is 2.51. The van der Waals surface area contributed by atoms with Crippen molar-refractivity contribution in [1.82, 2.24) is 14.9 Å². The highest BCUT2D eigenvalue weighted by atomic mass is 32.2. The van der Waals surface area contributed by atoms with Gasteiger partial charge in [0.05, 0.1) is 0 Å². The van der Waals surface area contributed by atoms with Crippen LogP contribution in [-0.4, -0.2) is 60.9 Å². The predicted octanol–water partition coefficient (Wildman–Crippen LogP) is 2.55. The molecule has 21 heavy (non-hydrogen) atoms. The maximum absolute atomic E-state index is 4.68. The molecule has 1 aromatic rings. The SMILES string of the molecule is CCCNc1cc(N(C)C2CCCN(C)C2)nc(SC)n1. The van der Waals surface area contributed by atoms with Crippen molar-refractivity contribution in [2.75, 3.05) is 50.2 Å².